The number of nitrogens with one attached hydrogen (secondary N) is 1. The second kappa shape index (κ2) is 8.23. The quantitative estimate of drug-likeness (QED) is 0.490. The standard InChI is InChI=1S/C23H24FN5O3/c1-27-6-8-28(9-7-27)21-12-20-17(11-19(21)24)22(30)18(14-29(20)15-4-5-15)23(31)26-25-13-16-3-2-10-32-16/h2-3,10-15H,4-9H2,1H3,(H,26,31)/b25-13-. The zero-order valence-corrected chi connectivity index (χ0v) is 17.8. The summed E-state index contributed by atoms with van der Waals surface area (Å²) < 4.78 is 22.1. The molecule has 1 aliphatic carbocycles. The van der Waals surface area contributed by atoms with Crippen LogP contribution in [0.3, 0.4) is 0 Å². The monoisotopic (exact) mass is 437 g/mol. The molecule has 1 N–H and O–H groups in total. The number of piperazine rings is 1. The maximum atomic E-state index is 15.1. The normalized spacial score (nSPS) is 17.4. The van der Waals surface area contributed by atoms with E-state index in [-0.39, 0.29) is 17.0 Å². The number of carbonyl (C=O) groups excluding carboxylic acids is 1. The third-order valence-corrected chi connectivity index (χ3v) is 6.03. The van der Waals surface area contributed by atoms with Gasteiger partial charge in [0, 0.05) is 43.8 Å². The summed E-state index contributed by atoms with van der Waals surface area (Å²) in [6.45, 7) is 3.15. The molecule has 0 atom stereocenters. The SMILES string of the molecule is CN1CCN(c2cc3c(cc2F)c(=O)c(C(=O)N/N=C\c2ccco2)cn3C2CC2)CC1. The number of halogens is 1. The molecule has 3 aromatic rings. The van der Waals surface area contributed by atoms with Gasteiger partial charge in [-0.05, 0) is 44.2 Å². The van der Waals surface area contributed by atoms with Crippen molar-refractivity contribution in [2.75, 3.05) is 38.1 Å². The van der Waals surface area contributed by atoms with Crippen molar-refractivity contribution in [2.45, 2.75) is 18.9 Å². The van der Waals surface area contributed by atoms with Gasteiger partial charge in [-0.15, -0.1) is 0 Å². The van der Waals surface area contributed by atoms with Crippen LogP contribution < -0.4 is 15.8 Å². The predicted molar refractivity (Wildman–Crippen MR) is 120 cm³/mol. The first-order valence-electron chi connectivity index (χ1n) is 10.7. The average Bonchev–Trinajstić information content (AvgIpc) is 3.50. The lowest BCUT2D eigenvalue weighted by atomic mass is 10.1. The van der Waals surface area contributed by atoms with E-state index in [1.54, 1.807) is 24.4 Å². The van der Waals surface area contributed by atoms with E-state index in [1.165, 1.54) is 18.5 Å². The first kappa shape index (κ1) is 20.4. The van der Waals surface area contributed by atoms with E-state index in [2.05, 4.69) is 15.4 Å². The van der Waals surface area contributed by atoms with Crippen LogP contribution in [0.15, 0.2) is 51.0 Å². The van der Waals surface area contributed by atoms with E-state index in [0.29, 0.717) is 17.0 Å². The van der Waals surface area contributed by atoms with Crippen molar-refractivity contribution in [1.29, 1.82) is 0 Å². The van der Waals surface area contributed by atoms with Gasteiger partial charge in [0.1, 0.15) is 17.1 Å². The minimum Gasteiger partial charge on any atom is -0.463 e. The smallest absolute Gasteiger partial charge is 0.276 e. The number of hydrazone groups is 1. The highest BCUT2D eigenvalue weighted by atomic mass is 19.1. The summed E-state index contributed by atoms with van der Waals surface area (Å²) in [7, 11) is 2.05. The van der Waals surface area contributed by atoms with Crippen LogP contribution in [0.5, 0.6) is 0 Å². The number of rotatable bonds is 5. The van der Waals surface area contributed by atoms with Crippen molar-refractivity contribution in [3.05, 3.63) is 64.1 Å². The molecule has 3 heterocycles. The molecule has 1 amide bonds. The van der Waals surface area contributed by atoms with Crippen LogP contribution in [-0.2, 0) is 0 Å². The third kappa shape index (κ3) is 3.91. The lowest BCUT2D eigenvalue weighted by molar-refractivity contribution is 0.0953. The van der Waals surface area contributed by atoms with E-state index >= 15 is 4.39 Å². The van der Waals surface area contributed by atoms with Crippen LogP contribution in [0.2, 0.25) is 0 Å². The number of furan rings is 1. The molecule has 1 saturated heterocycles. The Morgan fingerprint density at radius 2 is 2.03 bits per heavy atom. The minimum absolute atomic E-state index is 0.0623. The molecule has 1 aliphatic heterocycles. The lowest BCUT2D eigenvalue weighted by Crippen LogP contribution is -2.44. The van der Waals surface area contributed by atoms with E-state index in [9.17, 15) is 9.59 Å². The number of pyridine rings is 1. The molecule has 0 unspecified atom stereocenters. The van der Waals surface area contributed by atoms with E-state index in [1.807, 2.05) is 16.5 Å². The molecule has 32 heavy (non-hydrogen) atoms. The number of carbonyl (C=O) groups is 1. The Bertz CT molecular complexity index is 1240. The second-order valence-corrected chi connectivity index (χ2v) is 8.34. The van der Waals surface area contributed by atoms with Gasteiger partial charge in [-0.3, -0.25) is 9.59 Å². The fourth-order valence-electron chi connectivity index (χ4n) is 4.04. The molecule has 1 aromatic carbocycles. The number of hydrogen-bond donors (Lipinski definition) is 1. The van der Waals surface area contributed by atoms with Crippen molar-refractivity contribution >= 4 is 28.7 Å². The molecule has 0 spiro atoms. The minimum atomic E-state index is -0.641. The Kier molecular flexibility index (Phi) is 5.26. The van der Waals surface area contributed by atoms with Crippen LogP contribution in [0, 0.1) is 5.82 Å². The summed E-state index contributed by atoms with van der Waals surface area (Å²) >= 11 is 0. The number of likely N-dealkylation sites (N-methyl/N-ethyl adjacent to an activating group) is 1. The molecule has 5 rings (SSSR count). The summed E-state index contributed by atoms with van der Waals surface area (Å²) in [6.07, 6.45) is 6.33. The molecular formula is C23H24FN5O3. The number of fused-ring (bicyclic) bond motifs is 1. The van der Waals surface area contributed by atoms with Crippen molar-refractivity contribution in [3.63, 3.8) is 0 Å². The average molecular weight is 437 g/mol. The maximum absolute atomic E-state index is 15.1. The van der Waals surface area contributed by atoms with Crippen LogP contribution in [0.4, 0.5) is 10.1 Å². The largest absolute Gasteiger partial charge is 0.463 e. The zero-order chi connectivity index (χ0) is 22.2. The number of hydrogen-bond acceptors (Lipinski definition) is 6. The van der Waals surface area contributed by atoms with Gasteiger partial charge in [0.15, 0.2) is 0 Å². The van der Waals surface area contributed by atoms with Crippen LogP contribution in [0.25, 0.3) is 10.9 Å². The Morgan fingerprint density at radius 3 is 2.72 bits per heavy atom. The number of benzene rings is 1. The van der Waals surface area contributed by atoms with Gasteiger partial charge in [-0.2, -0.15) is 5.10 Å². The molecule has 1 saturated carbocycles. The Morgan fingerprint density at radius 1 is 1.25 bits per heavy atom. The van der Waals surface area contributed by atoms with Crippen molar-refractivity contribution in [3.8, 4) is 0 Å². The van der Waals surface area contributed by atoms with E-state index < -0.39 is 17.2 Å². The van der Waals surface area contributed by atoms with Gasteiger partial charge in [0.25, 0.3) is 5.91 Å². The van der Waals surface area contributed by atoms with E-state index in [0.717, 1.165) is 39.0 Å². The van der Waals surface area contributed by atoms with Gasteiger partial charge in [-0.1, -0.05) is 0 Å². The first-order chi connectivity index (χ1) is 15.5. The molecule has 2 fully saturated rings. The Labute approximate surface area is 183 Å². The fourth-order valence-corrected chi connectivity index (χ4v) is 4.04. The summed E-state index contributed by atoms with van der Waals surface area (Å²) in [6, 6.07) is 6.61. The first-order valence-corrected chi connectivity index (χ1v) is 10.7. The molecule has 0 radical (unpaired) electrons. The highest BCUT2D eigenvalue weighted by Crippen LogP contribution is 2.38. The number of amides is 1. The topological polar surface area (TPSA) is 83.1 Å². The van der Waals surface area contributed by atoms with Gasteiger partial charge < -0.3 is 18.8 Å². The highest BCUT2D eigenvalue weighted by molar-refractivity contribution is 5.98. The summed E-state index contributed by atoms with van der Waals surface area (Å²) in [5.74, 6) is -0.620. The van der Waals surface area contributed by atoms with Gasteiger partial charge in [0.05, 0.1) is 23.7 Å². The van der Waals surface area contributed by atoms with Gasteiger partial charge in [-0.25, -0.2) is 9.82 Å². The molecule has 9 heteroatoms. The predicted octanol–water partition coefficient (Wildman–Crippen LogP) is 2.58. The fraction of sp³-hybridized carbons (Fsp3) is 0.348. The molecule has 2 aromatic heterocycles. The lowest BCUT2D eigenvalue weighted by Gasteiger charge is -2.34. The van der Waals surface area contributed by atoms with Crippen LogP contribution >= 0.6 is 0 Å². The molecule has 8 nitrogen and oxygen atoms in total. The van der Waals surface area contributed by atoms with Gasteiger partial charge in [0.2, 0.25) is 5.43 Å². The maximum Gasteiger partial charge on any atom is 0.276 e. The Hall–Kier alpha value is -3.46. The molecule has 0 bridgehead atoms. The molecule has 2 aliphatic rings. The van der Waals surface area contributed by atoms with E-state index in [4.69, 9.17) is 4.42 Å². The molecular weight excluding hydrogens is 413 g/mol. The number of nitrogens with zero attached hydrogens (tertiary/aromatic N) is 4. The van der Waals surface area contributed by atoms with Crippen molar-refractivity contribution in [2.24, 2.45) is 5.10 Å². The zero-order valence-electron chi connectivity index (χ0n) is 17.8. The third-order valence-electron chi connectivity index (χ3n) is 6.03. The number of aromatic nitrogens is 1. The Balaban J connectivity index is 1.52. The van der Waals surface area contributed by atoms with Crippen molar-refractivity contribution < 1.29 is 13.6 Å². The van der Waals surface area contributed by atoms with Crippen LogP contribution in [-0.4, -0.2) is 54.8 Å². The summed E-state index contributed by atoms with van der Waals surface area (Å²) in [5.41, 5.74) is 2.95. The van der Waals surface area contributed by atoms with Crippen molar-refractivity contribution in [1.82, 2.24) is 14.9 Å². The number of anilines is 1. The second-order valence-electron chi connectivity index (χ2n) is 8.34. The summed E-state index contributed by atoms with van der Waals surface area (Å²) in [4.78, 5) is 30.0. The molecule has 166 valence electrons. The highest BCUT2D eigenvalue weighted by Gasteiger charge is 2.28. The summed E-state index contributed by atoms with van der Waals surface area (Å²) in [5, 5.41) is 4.05. The van der Waals surface area contributed by atoms with Gasteiger partial charge >= 0.3 is 0 Å². The van der Waals surface area contributed by atoms with Crippen LogP contribution in [0.1, 0.15) is 35.0 Å².